The molecule has 3 rings (SSSR count). The number of Topliss-reactive ketones (excluding diaryl/α,β-unsaturated/α-hetero) is 1. The quantitative estimate of drug-likeness (QED) is 0.421. The van der Waals surface area contributed by atoms with Gasteiger partial charge in [-0.25, -0.2) is 9.18 Å². The zero-order chi connectivity index (χ0) is 22.7. The Morgan fingerprint density at radius 1 is 1.19 bits per heavy atom. The Labute approximate surface area is 180 Å². The summed E-state index contributed by atoms with van der Waals surface area (Å²) in [4.78, 5) is 38.8. The molecule has 1 aromatic carbocycles. The van der Waals surface area contributed by atoms with Gasteiger partial charge < -0.3 is 19.5 Å². The molecule has 1 aliphatic heterocycles. The van der Waals surface area contributed by atoms with E-state index in [4.69, 9.17) is 14.2 Å². The molecule has 0 saturated carbocycles. The third-order valence-electron chi connectivity index (χ3n) is 5.70. The molecule has 0 amide bonds. The molecule has 7 nitrogen and oxygen atoms in total. The van der Waals surface area contributed by atoms with E-state index in [1.165, 1.54) is 32.4 Å². The number of hydrogen-bond donors (Lipinski definition) is 1. The molecule has 1 heterocycles. The van der Waals surface area contributed by atoms with Crippen LogP contribution in [0.1, 0.15) is 31.7 Å². The number of benzene rings is 1. The minimum absolute atomic E-state index is 0.0117. The van der Waals surface area contributed by atoms with E-state index in [0.717, 1.165) is 0 Å². The first-order valence-corrected chi connectivity index (χ1v) is 10.0. The number of nitrogens with one attached hydrogen (secondary N) is 1. The molecule has 1 N–H and O–H groups in total. The molecule has 8 heteroatoms. The summed E-state index contributed by atoms with van der Waals surface area (Å²) in [5.74, 6) is -4.69. The van der Waals surface area contributed by atoms with Crippen LogP contribution in [-0.2, 0) is 28.6 Å². The summed E-state index contributed by atoms with van der Waals surface area (Å²) in [5.41, 5.74) is 1.55. The SMILES string of the molecule is COCCOC(=O)C1=C(C)NC2=C(C(=O)[C@H](C(=O)OC)[C@H](C)C2)[C@@H]1c1ccccc1F. The van der Waals surface area contributed by atoms with Crippen molar-refractivity contribution >= 4 is 17.7 Å². The minimum Gasteiger partial charge on any atom is -0.468 e. The molecular formula is C23H26FNO6. The van der Waals surface area contributed by atoms with Crippen molar-refractivity contribution in [2.24, 2.45) is 11.8 Å². The van der Waals surface area contributed by atoms with Gasteiger partial charge in [-0.1, -0.05) is 25.1 Å². The molecule has 0 aromatic heterocycles. The van der Waals surface area contributed by atoms with Gasteiger partial charge in [0.05, 0.1) is 25.2 Å². The Bertz CT molecular complexity index is 967. The van der Waals surface area contributed by atoms with Gasteiger partial charge in [0.15, 0.2) is 5.78 Å². The number of ether oxygens (including phenoxy) is 3. The minimum atomic E-state index is -1.02. The number of carbonyl (C=O) groups excluding carboxylic acids is 3. The van der Waals surface area contributed by atoms with Crippen molar-refractivity contribution < 1.29 is 33.0 Å². The topological polar surface area (TPSA) is 90.9 Å². The highest BCUT2D eigenvalue weighted by Crippen LogP contribution is 2.45. The van der Waals surface area contributed by atoms with E-state index >= 15 is 0 Å². The van der Waals surface area contributed by atoms with Gasteiger partial charge in [-0.05, 0) is 25.3 Å². The van der Waals surface area contributed by atoms with E-state index < -0.39 is 35.4 Å². The summed E-state index contributed by atoms with van der Waals surface area (Å²) in [6.45, 7) is 3.69. The first-order valence-electron chi connectivity index (χ1n) is 10.0. The lowest BCUT2D eigenvalue weighted by molar-refractivity contribution is -0.151. The predicted octanol–water partition coefficient (Wildman–Crippen LogP) is 2.63. The van der Waals surface area contributed by atoms with Crippen LogP contribution in [0.15, 0.2) is 46.8 Å². The van der Waals surface area contributed by atoms with Crippen molar-refractivity contribution in [3.63, 3.8) is 0 Å². The van der Waals surface area contributed by atoms with Gasteiger partial charge in [0, 0.05) is 29.6 Å². The number of carbonyl (C=O) groups is 3. The summed E-state index contributed by atoms with van der Waals surface area (Å²) in [6.07, 6.45) is 0.384. The maximum Gasteiger partial charge on any atom is 0.336 e. The molecule has 1 aliphatic carbocycles. The molecule has 2 aliphatic rings. The van der Waals surface area contributed by atoms with Crippen LogP contribution in [0.3, 0.4) is 0 Å². The van der Waals surface area contributed by atoms with Crippen LogP contribution in [0.4, 0.5) is 4.39 Å². The largest absolute Gasteiger partial charge is 0.468 e. The van der Waals surface area contributed by atoms with Crippen molar-refractivity contribution in [1.82, 2.24) is 5.32 Å². The molecule has 3 atom stereocenters. The van der Waals surface area contributed by atoms with E-state index in [0.29, 0.717) is 17.8 Å². The Morgan fingerprint density at radius 2 is 1.90 bits per heavy atom. The van der Waals surface area contributed by atoms with Gasteiger partial charge in [-0.3, -0.25) is 9.59 Å². The van der Waals surface area contributed by atoms with Crippen LogP contribution < -0.4 is 5.32 Å². The van der Waals surface area contributed by atoms with Crippen molar-refractivity contribution in [3.8, 4) is 0 Å². The lowest BCUT2D eigenvalue weighted by Crippen LogP contribution is -2.43. The second-order valence-electron chi connectivity index (χ2n) is 7.69. The second-order valence-corrected chi connectivity index (χ2v) is 7.69. The van der Waals surface area contributed by atoms with E-state index in [-0.39, 0.29) is 35.8 Å². The number of ketones is 1. The first kappa shape index (κ1) is 22.7. The third kappa shape index (κ3) is 4.25. The van der Waals surface area contributed by atoms with Crippen LogP contribution >= 0.6 is 0 Å². The number of methoxy groups -OCH3 is 2. The average molecular weight is 431 g/mol. The highest BCUT2D eigenvalue weighted by molar-refractivity contribution is 6.12. The molecule has 0 unspecified atom stereocenters. The van der Waals surface area contributed by atoms with Gasteiger partial charge >= 0.3 is 11.9 Å². The zero-order valence-electron chi connectivity index (χ0n) is 18.0. The molecule has 166 valence electrons. The normalized spacial score (nSPS) is 23.3. The Balaban J connectivity index is 2.14. The maximum absolute atomic E-state index is 14.9. The smallest absolute Gasteiger partial charge is 0.336 e. The van der Waals surface area contributed by atoms with E-state index in [2.05, 4.69) is 5.32 Å². The fraction of sp³-hybridized carbons (Fsp3) is 0.435. The Kier molecular flexibility index (Phi) is 6.90. The number of hydrogen-bond acceptors (Lipinski definition) is 7. The summed E-state index contributed by atoms with van der Waals surface area (Å²) in [6, 6.07) is 5.97. The average Bonchev–Trinajstić information content (AvgIpc) is 2.73. The standard InChI is InChI=1S/C23H26FNO6/c1-12-11-16-20(21(26)17(12)22(27)30-4)19(14-7-5-6-8-15(14)24)18(13(2)25-16)23(28)31-10-9-29-3/h5-8,12,17,19,25H,9-11H2,1-4H3/t12-,17-,19-/m1/s1. The highest BCUT2D eigenvalue weighted by atomic mass is 19.1. The Morgan fingerprint density at radius 3 is 2.55 bits per heavy atom. The molecule has 0 saturated heterocycles. The summed E-state index contributed by atoms with van der Waals surface area (Å²) in [5, 5.41) is 3.13. The predicted molar refractivity (Wildman–Crippen MR) is 109 cm³/mol. The molecule has 0 radical (unpaired) electrons. The first-order chi connectivity index (χ1) is 14.8. The fourth-order valence-corrected chi connectivity index (χ4v) is 4.27. The molecule has 1 aromatic rings. The molecular weight excluding hydrogens is 405 g/mol. The summed E-state index contributed by atoms with van der Waals surface area (Å²) >= 11 is 0. The van der Waals surface area contributed by atoms with Crippen molar-refractivity contribution in [2.75, 3.05) is 27.4 Å². The fourth-order valence-electron chi connectivity index (χ4n) is 4.27. The lowest BCUT2D eigenvalue weighted by Gasteiger charge is -2.38. The van der Waals surface area contributed by atoms with Gasteiger partial charge in [-0.15, -0.1) is 0 Å². The second kappa shape index (κ2) is 9.43. The highest BCUT2D eigenvalue weighted by Gasteiger charge is 2.47. The van der Waals surface area contributed by atoms with Gasteiger partial charge in [0.25, 0.3) is 0 Å². The summed E-state index contributed by atoms with van der Waals surface area (Å²) < 4.78 is 30.0. The molecule has 0 spiro atoms. The molecule has 0 bridgehead atoms. The molecule has 0 fully saturated rings. The van der Waals surface area contributed by atoms with Gasteiger partial charge in [-0.2, -0.15) is 0 Å². The van der Waals surface area contributed by atoms with Crippen molar-refractivity contribution in [3.05, 3.63) is 58.2 Å². The third-order valence-corrected chi connectivity index (χ3v) is 5.70. The zero-order valence-corrected chi connectivity index (χ0v) is 18.0. The maximum atomic E-state index is 14.9. The van der Waals surface area contributed by atoms with E-state index in [1.807, 2.05) is 0 Å². The van der Waals surface area contributed by atoms with Crippen LogP contribution in [0.25, 0.3) is 0 Å². The van der Waals surface area contributed by atoms with Gasteiger partial charge in [0.2, 0.25) is 0 Å². The lowest BCUT2D eigenvalue weighted by atomic mass is 9.69. The molecule has 31 heavy (non-hydrogen) atoms. The number of esters is 2. The van der Waals surface area contributed by atoms with Gasteiger partial charge in [0.1, 0.15) is 18.3 Å². The van der Waals surface area contributed by atoms with E-state index in [9.17, 15) is 18.8 Å². The number of dihydropyridines is 1. The number of halogens is 1. The number of allylic oxidation sites excluding steroid dienone is 3. The van der Waals surface area contributed by atoms with Crippen molar-refractivity contribution in [2.45, 2.75) is 26.2 Å². The van der Waals surface area contributed by atoms with Crippen LogP contribution in [0.5, 0.6) is 0 Å². The Hall–Kier alpha value is -3.00. The van der Waals surface area contributed by atoms with Crippen LogP contribution in [-0.4, -0.2) is 45.2 Å². The monoisotopic (exact) mass is 431 g/mol. The summed E-state index contributed by atoms with van der Waals surface area (Å²) in [7, 11) is 2.71. The number of rotatable bonds is 6. The van der Waals surface area contributed by atoms with Crippen molar-refractivity contribution in [1.29, 1.82) is 0 Å². The van der Waals surface area contributed by atoms with E-state index in [1.54, 1.807) is 19.9 Å². The van der Waals surface area contributed by atoms with Crippen LogP contribution in [0.2, 0.25) is 0 Å². The van der Waals surface area contributed by atoms with Crippen LogP contribution in [0, 0.1) is 17.7 Å².